The molecule has 0 aromatic rings. The van der Waals surface area contributed by atoms with E-state index < -0.39 is 18.0 Å². The van der Waals surface area contributed by atoms with Crippen LogP contribution in [0.2, 0.25) is 0 Å². The molecule has 6 nitrogen and oxygen atoms in total. The van der Waals surface area contributed by atoms with E-state index in [0.717, 1.165) is 0 Å². The average Bonchev–Trinajstić information content (AvgIpc) is 2.40. The maximum absolute atomic E-state index is 12.3. The molecule has 0 spiro atoms. The molecule has 0 saturated carbocycles. The highest BCUT2D eigenvalue weighted by Crippen LogP contribution is 2.40. The van der Waals surface area contributed by atoms with E-state index in [0.29, 0.717) is 12.0 Å². The van der Waals surface area contributed by atoms with Crippen LogP contribution in [0, 0.1) is 5.92 Å². The summed E-state index contributed by atoms with van der Waals surface area (Å²) < 4.78 is 9.58. The van der Waals surface area contributed by atoms with Crippen LogP contribution < -0.4 is 0 Å². The summed E-state index contributed by atoms with van der Waals surface area (Å²) in [4.78, 5) is 35.9. The average molecular weight is 301 g/mol. The molecule has 0 aromatic carbocycles. The summed E-state index contributed by atoms with van der Waals surface area (Å²) in [5, 5.41) is -0.249. The van der Waals surface area contributed by atoms with Gasteiger partial charge in [-0.3, -0.25) is 14.5 Å². The van der Waals surface area contributed by atoms with Crippen molar-refractivity contribution in [1.29, 1.82) is 0 Å². The number of β-lactam (4-membered cyclic amide) rings is 1. The monoisotopic (exact) mass is 301 g/mol. The molecule has 7 heteroatoms. The zero-order chi connectivity index (χ0) is 15.4. The third-order valence-electron chi connectivity index (χ3n) is 3.19. The fourth-order valence-electron chi connectivity index (χ4n) is 2.22. The molecule has 1 heterocycles. The van der Waals surface area contributed by atoms with Gasteiger partial charge < -0.3 is 9.47 Å². The number of hydrogen-bond donors (Lipinski definition) is 0. The number of rotatable bonds is 6. The summed E-state index contributed by atoms with van der Waals surface area (Å²) in [6.45, 7) is 5.49. The maximum Gasteiger partial charge on any atom is 0.354 e. The molecule has 1 amide bonds. The van der Waals surface area contributed by atoms with Crippen molar-refractivity contribution >= 4 is 30.1 Å². The van der Waals surface area contributed by atoms with E-state index in [1.54, 1.807) is 20.8 Å². The van der Waals surface area contributed by atoms with E-state index in [9.17, 15) is 14.4 Å². The summed E-state index contributed by atoms with van der Waals surface area (Å²) in [5.41, 5.74) is 0.957. The molecule has 1 aliphatic rings. The molecular weight excluding hydrogens is 282 g/mol. The van der Waals surface area contributed by atoms with Crippen LogP contribution in [0.25, 0.3) is 0 Å². The first kappa shape index (κ1) is 16.6. The minimum absolute atomic E-state index is 0.236. The zero-order valence-electron chi connectivity index (χ0n) is 12.2. The van der Waals surface area contributed by atoms with E-state index in [1.807, 2.05) is 6.26 Å². The van der Waals surface area contributed by atoms with Gasteiger partial charge in [0.05, 0.1) is 12.5 Å². The number of esters is 1. The molecule has 20 heavy (non-hydrogen) atoms. The maximum atomic E-state index is 12.3. The molecule has 1 saturated heterocycles. The number of carbonyl (C=O) groups excluding carboxylic acids is 3. The summed E-state index contributed by atoms with van der Waals surface area (Å²) in [6.07, 6.45) is 1.31. The topological polar surface area (TPSA) is 72.9 Å². The molecule has 112 valence electrons. The lowest BCUT2D eigenvalue weighted by molar-refractivity contribution is -0.162. The fourth-order valence-corrected chi connectivity index (χ4v) is 3.27. The first-order valence-corrected chi connectivity index (χ1v) is 7.40. The van der Waals surface area contributed by atoms with Crippen LogP contribution in [0.5, 0.6) is 0 Å². The van der Waals surface area contributed by atoms with Crippen molar-refractivity contribution in [3.63, 3.8) is 0 Å². The highest BCUT2D eigenvalue weighted by Gasteiger charge is 2.53. The number of thioether (sulfide) groups is 1. The molecule has 0 radical (unpaired) electrons. The minimum Gasteiger partial charge on any atom is -0.464 e. The Bertz CT molecular complexity index is 444. The van der Waals surface area contributed by atoms with Gasteiger partial charge in [-0.15, -0.1) is 11.8 Å². The second-order valence-electron chi connectivity index (χ2n) is 4.64. The van der Waals surface area contributed by atoms with Crippen molar-refractivity contribution in [1.82, 2.24) is 4.90 Å². The van der Waals surface area contributed by atoms with Crippen molar-refractivity contribution in [2.24, 2.45) is 5.92 Å². The first-order valence-electron chi connectivity index (χ1n) is 6.11. The van der Waals surface area contributed by atoms with Gasteiger partial charge in [0.2, 0.25) is 5.91 Å². The van der Waals surface area contributed by atoms with Gasteiger partial charge in [-0.25, -0.2) is 4.79 Å². The smallest absolute Gasteiger partial charge is 0.354 e. The molecule has 0 bridgehead atoms. The molecule has 1 aliphatic heterocycles. The number of ether oxygens (including phenoxy) is 2. The van der Waals surface area contributed by atoms with E-state index in [4.69, 9.17) is 9.47 Å². The standard InChI is InChI=1S/C13H19NO5S/c1-7(2)10(13(17)18-4)14-11(16)9(12(14)20-5)8(3)19-6-15/h6,8-9,12H,1-5H3/t8?,9-,12+/m0/s1. The van der Waals surface area contributed by atoms with Crippen LogP contribution >= 0.6 is 11.8 Å². The second-order valence-corrected chi connectivity index (χ2v) is 5.59. The Balaban J connectivity index is 3.04. The molecule has 1 rings (SSSR count). The summed E-state index contributed by atoms with van der Waals surface area (Å²) in [7, 11) is 1.28. The van der Waals surface area contributed by atoms with Gasteiger partial charge in [-0.2, -0.15) is 0 Å². The molecule has 0 N–H and O–H groups in total. The Morgan fingerprint density at radius 2 is 2.05 bits per heavy atom. The van der Waals surface area contributed by atoms with Crippen molar-refractivity contribution in [3.05, 3.63) is 11.3 Å². The summed E-state index contributed by atoms with van der Waals surface area (Å²) in [5.74, 6) is -1.23. The van der Waals surface area contributed by atoms with E-state index in [1.165, 1.54) is 23.8 Å². The molecule has 0 aliphatic carbocycles. The SMILES string of the molecule is COC(=O)C(=C(C)C)N1C(=O)[C@H](C(C)OC=O)[C@H]1SC. The van der Waals surface area contributed by atoms with Gasteiger partial charge in [0.15, 0.2) is 0 Å². The molecule has 0 aromatic heterocycles. The Labute approximate surface area is 122 Å². The third-order valence-corrected chi connectivity index (χ3v) is 4.18. The lowest BCUT2D eigenvalue weighted by atomic mass is 9.91. The fraction of sp³-hybridized carbons (Fsp3) is 0.615. The number of likely N-dealkylation sites (tertiary alicyclic amines) is 1. The number of hydrogen-bond acceptors (Lipinski definition) is 6. The Morgan fingerprint density at radius 3 is 2.45 bits per heavy atom. The van der Waals surface area contributed by atoms with Gasteiger partial charge in [0, 0.05) is 0 Å². The van der Waals surface area contributed by atoms with Crippen LogP contribution in [0.3, 0.4) is 0 Å². The van der Waals surface area contributed by atoms with Crippen LogP contribution in [-0.2, 0) is 23.9 Å². The van der Waals surface area contributed by atoms with Crippen molar-refractivity contribution < 1.29 is 23.9 Å². The Morgan fingerprint density at radius 1 is 1.45 bits per heavy atom. The van der Waals surface area contributed by atoms with Gasteiger partial charge >= 0.3 is 5.97 Å². The number of carbonyl (C=O) groups is 3. The highest BCUT2D eigenvalue weighted by molar-refractivity contribution is 7.99. The zero-order valence-corrected chi connectivity index (χ0v) is 13.0. The van der Waals surface area contributed by atoms with E-state index >= 15 is 0 Å². The van der Waals surface area contributed by atoms with Crippen molar-refractivity contribution in [2.45, 2.75) is 32.2 Å². The number of amides is 1. The van der Waals surface area contributed by atoms with Gasteiger partial charge in [0.1, 0.15) is 17.7 Å². The summed E-state index contributed by atoms with van der Waals surface area (Å²) >= 11 is 1.43. The minimum atomic E-state index is -0.542. The van der Waals surface area contributed by atoms with Gasteiger partial charge in [-0.1, -0.05) is 0 Å². The van der Waals surface area contributed by atoms with Crippen LogP contribution in [0.1, 0.15) is 20.8 Å². The normalized spacial score (nSPS) is 22.6. The lowest BCUT2D eigenvalue weighted by Gasteiger charge is -2.48. The quantitative estimate of drug-likeness (QED) is 0.317. The largest absolute Gasteiger partial charge is 0.464 e. The number of methoxy groups -OCH3 is 1. The molecule has 1 fully saturated rings. The summed E-state index contributed by atoms with van der Waals surface area (Å²) in [6, 6.07) is 0. The Kier molecular flexibility index (Phi) is 5.62. The van der Waals surface area contributed by atoms with Gasteiger partial charge in [0.25, 0.3) is 6.47 Å². The van der Waals surface area contributed by atoms with Crippen molar-refractivity contribution in [2.75, 3.05) is 13.4 Å². The number of allylic oxidation sites excluding steroid dienone is 1. The van der Waals surface area contributed by atoms with Crippen LogP contribution in [0.4, 0.5) is 0 Å². The first-order chi connectivity index (χ1) is 9.40. The molecular formula is C13H19NO5S. The van der Waals surface area contributed by atoms with E-state index in [-0.39, 0.29) is 17.0 Å². The van der Waals surface area contributed by atoms with Crippen LogP contribution in [0.15, 0.2) is 11.3 Å². The lowest BCUT2D eigenvalue weighted by Crippen LogP contribution is -2.63. The van der Waals surface area contributed by atoms with E-state index in [2.05, 4.69) is 0 Å². The van der Waals surface area contributed by atoms with Crippen molar-refractivity contribution in [3.8, 4) is 0 Å². The predicted molar refractivity (Wildman–Crippen MR) is 74.6 cm³/mol. The van der Waals surface area contributed by atoms with Crippen LogP contribution in [-0.4, -0.2) is 48.1 Å². The predicted octanol–water partition coefficient (Wildman–Crippen LogP) is 1.16. The Hall–Kier alpha value is -1.50. The second kappa shape index (κ2) is 6.78. The van der Waals surface area contributed by atoms with Gasteiger partial charge in [-0.05, 0) is 32.6 Å². The number of nitrogens with zero attached hydrogens (tertiary/aromatic N) is 1. The highest BCUT2D eigenvalue weighted by atomic mass is 32.2. The molecule has 1 unspecified atom stereocenters. The molecule has 3 atom stereocenters. The third kappa shape index (κ3) is 2.82.